The van der Waals surface area contributed by atoms with Gasteiger partial charge in [0, 0.05) is 26.6 Å². The Morgan fingerprint density at radius 3 is 2.58 bits per heavy atom. The minimum atomic E-state index is -3.63. The van der Waals surface area contributed by atoms with Crippen molar-refractivity contribution in [1.82, 2.24) is 9.21 Å². The number of nitrogens with zero attached hydrogens (tertiary/aromatic N) is 2. The van der Waals surface area contributed by atoms with E-state index in [-0.39, 0.29) is 19.0 Å². The highest BCUT2D eigenvalue weighted by atomic mass is 32.2. The van der Waals surface area contributed by atoms with Crippen molar-refractivity contribution in [2.24, 2.45) is 0 Å². The molecule has 1 atom stereocenters. The van der Waals surface area contributed by atoms with E-state index in [0.29, 0.717) is 13.2 Å². The van der Waals surface area contributed by atoms with E-state index in [2.05, 4.69) is 0 Å². The predicted octanol–water partition coefficient (Wildman–Crippen LogP) is -1.42. The average molecular weight is 294 g/mol. The van der Waals surface area contributed by atoms with Crippen molar-refractivity contribution in [3.8, 4) is 0 Å². The highest BCUT2D eigenvalue weighted by molar-refractivity contribution is 7.88. The van der Waals surface area contributed by atoms with Gasteiger partial charge < -0.3 is 14.7 Å². The van der Waals surface area contributed by atoms with E-state index < -0.39 is 28.6 Å². The molecule has 0 aliphatic carbocycles. The smallest absolute Gasteiger partial charge is 0.318 e. The summed E-state index contributed by atoms with van der Waals surface area (Å²) >= 11 is 0. The zero-order valence-corrected chi connectivity index (χ0v) is 11.7. The second-order valence-corrected chi connectivity index (χ2v) is 6.39. The number of morpholine rings is 1. The summed E-state index contributed by atoms with van der Waals surface area (Å²) in [4.78, 5) is 23.5. The number of carboxylic acid groups (broad SMARTS) is 1. The van der Waals surface area contributed by atoms with Crippen LogP contribution in [0.15, 0.2) is 0 Å². The molecule has 1 saturated heterocycles. The van der Waals surface area contributed by atoms with E-state index in [1.807, 2.05) is 0 Å². The molecular formula is C10H18N2O6S. The van der Waals surface area contributed by atoms with Gasteiger partial charge in [0.1, 0.15) is 6.54 Å². The van der Waals surface area contributed by atoms with Gasteiger partial charge in [0.25, 0.3) is 0 Å². The summed E-state index contributed by atoms with van der Waals surface area (Å²) in [6.45, 7) is 1.78. The minimum Gasteiger partial charge on any atom is -0.480 e. The molecule has 1 aliphatic rings. The fourth-order valence-electron chi connectivity index (χ4n) is 1.81. The standard InChI is InChI=1S/C10H18N2O6S/c1-8(13)11-3-4-18-9(5-11)6-12(7-10(14)15)19(2,16)17/h9H,3-7H2,1-2H3,(H,14,15). The summed E-state index contributed by atoms with van der Waals surface area (Å²) in [7, 11) is -3.63. The topological polar surface area (TPSA) is 104 Å². The summed E-state index contributed by atoms with van der Waals surface area (Å²) in [6.07, 6.45) is 0.438. The van der Waals surface area contributed by atoms with Crippen LogP contribution in [0.3, 0.4) is 0 Å². The van der Waals surface area contributed by atoms with Crippen LogP contribution in [-0.4, -0.2) is 79.8 Å². The molecule has 0 aromatic heterocycles. The van der Waals surface area contributed by atoms with E-state index in [1.54, 1.807) is 4.90 Å². The third kappa shape index (κ3) is 5.13. The van der Waals surface area contributed by atoms with Crippen LogP contribution >= 0.6 is 0 Å². The number of ether oxygens (including phenoxy) is 1. The Morgan fingerprint density at radius 1 is 1.47 bits per heavy atom. The first-order chi connectivity index (χ1) is 8.70. The van der Waals surface area contributed by atoms with Gasteiger partial charge in [0.05, 0.1) is 19.0 Å². The van der Waals surface area contributed by atoms with Crippen molar-refractivity contribution in [3.63, 3.8) is 0 Å². The van der Waals surface area contributed by atoms with Gasteiger partial charge in [-0.1, -0.05) is 0 Å². The molecule has 1 rings (SSSR count). The van der Waals surface area contributed by atoms with Gasteiger partial charge >= 0.3 is 5.97 Å². The molecule has 0 aromatic rings. The van der Waals surface area contributed by atoms with E-state index in [1.165, 1.54) is 6.92 Å². The first kappa shape index (κ1) is 15.9. The van der Waals surface area contributed by atoms with Crippen LogP contribution in [0.2, 0.25) is 0 Å². The third-order valence-electron chi connectivity index (χ3n) is 2.77. The van der Waals surface area contributed by atoms with Gasteiger partial charge in [-0.2, -0.15) is 4.31 Å². The molecule has 1 fully saturated rings. The maximum atomic E-state index is 11.5. The van der Waals surface area contributed by atoms with Gasteiger partial charge in [0.2, 0.25) is 15.9 Å². The van der Waals surface area contributed by atoms with Crippen LogP contribution in [0.25, 0.3) is 0 Å². The summed E-state index contributed by atoms with van der Waals surface area (Å²) in [5.74, 6) is -1.35. The molecule has 1 heterocycles. The van der Waals surface area contributed by atoms with Crippen molar-refractivity contribution in [2.45, 2.75) is 13.0 Å². The van der Waals surface area contributed by atoms with Gasteiger partial charge in [-0.15, -0.1) is 0 Å². The largest absolute Gasteiger partial charge is 0.480 e. The fraction of sp³-hybridized carbons (Fsp3) is 0.800. The Balaban J connectivity index is 2.68. The van der Waals surface area contributed by atoms with Crippen LogP contribution in [0, 0.1) is 0 Å². The lowest BCUT2D eigenvalue weighted by atomic mass is 10.2. The number of carbonyl (C=O) groups excluding carboxylic acids is 1. The Hall–Kier alpha value is -1.19. The molecule has 0 bridgehead atoms. The lowest BCUT2D eigenvalue weighted by Gasteiger charge is -2.34. The second-order valence-electron chi connectivity index (χ2n) is 4.41. The number of carbonyl (C=O) groups is 2. The zero-order chi connectivity index (χ0) is 14.6. The Kier molecular flexibility index (Phi) is 5.27. The molecule has 9 heteroatoms. The number of hydrogen-bond donors (Lipinski definition) is 1. The number of sulfonamides is 1. The molecule has 110 valence electrons. The maximum absolute atomic E-state index is 11.5. The summed E-state index contributed by atoms with van der Waals surface area (Å²) in [6, 6.07) is 0. The summed E-state index contributed by atoms with van der Waals surface area (Å²) < 4.78 is 29.2. The van der Waals surface area contributed by atoms with Crippen LogP contribution < -0.4 is 0 Å². The summed E-state index contributed by atoms with van der Waals surface area (Å²) in [5.41, 5.74) is 0. The van der Waals surface area contributed by atoms with E-state index in [9.17, 15) is 18.0 Å². The molecule has 19 heavy (non-hydrogen) atoms. The Labute approximate surface area is 112 Å². The van der Waals surface area contributed by atoms with Crippen molar-refractivity contribution in [3.05, 3.63) is 0 Å². The van der Waals surface area contributed by atoms with E-state index in [0.717, 1.165) is 10.6 Å². The molecule has 1 N–H and O–H groups in total. The molecule has 0 radical (unpaired) electrons. The highest BCUT2D eigenvalue weighted by Crippen LogP contribution is 2.09. The SMILES string of the molecule is CC(=O)N1CCOC(CN(CC(=O)O)S(C)(=O)=O)C1. The van der Waals surface area contributed by atoms with Crippen molar-refractivity contribution < 1.29 is 27.9 Å². The first-order valence-corrected chi connectivity index (χ1v) is 7.59. The normalized spacial score (nSPS) is 20.6. The second kappa shape index (κ2) is 6.31. The van der Waals surface area contributed by atoms with Gasteiger partial charge in [-0.3, -0.25) is 9.59 Å². The van der Waals surface area contributed by atoms with E-state index in [4.69, 9.17) is 9.84 Å². The number of rotatable bonds is 5. The number of amides is 1. The Bertz CT molecular complexity index is 449. The molecular weight excluding hydrogens is 276 g/mol. The lowest BCUT2D eigenvalue weighted by molar-refractivity contribution is -0.140. The maximum Gasteiger partial charge on any atom is 0.318 e. The van der Waals surface area contributed by atoms with E-state index >= 15 is 0 Å². The number of hydrogen-bond acceptors (Lipinski definition) is 5. The van der Waals surface area contributed by atoms with Gasteiger partial charge in [-0.25, -0.2) is 8.42 Å². The molecule has 0 aromatic carbocycles. The molecule has 1 amide bonds. The zero-order valence-electron chi connectivity index (χ0n) is 10.9. The van der Waals surface area contributed by atoms with Crippen LogP contribution in [-0.2, 0) is 24.3 Å². The first-order valence-electron chi connectivity index (χ1n) is 5.74. The van der Waals surface area contributed by atoms with Crippen molar-refractivity contribution in [2.75, 3.05) is 39.0 Å². The molecule has 0 spiro atoms. The predicted molar refractivity (Wildman–Crippen MR) is 66.0 cm³/mol. The lowest BCUT2D eigenvalue weighted by Crippen LogP contribution is -2.50. The Morgan fingerprint density at radius 2 is 2.11 bits per heavy atom. The fourth-order valence-corrected chi connectivity index (χ4v) is 2.59. The third-order valence-corrected chi connectivity index (χ3v) is 3.99. The number of carboxylic acids is 1. The van der Waals surface area contributed by atoms with Gasteiger partial charge in [0.15, 0.2) is 0 Å². The van der Waals surface area contributed by atoms with Crippen LogP contribution in [0.1, 0.15) is 6.92 Å². The van der Waals surface area contributed by atoms with Crippen LogP contribution in [0.4, 0.5) is 0 Å². The van der Waals surface area contributed by atoms with Crippen molar-refractivity contribution in [1.29, 1.82) is 0 Å². The highest BCUT2D eigenvalue weighted by Gasteiger charge is 2.28. The molecule has 0 saturated carbocycles. The van der Waals surface area contributed by atoms with Crippen LogP contribution in [0.5, 0.6) is 0 Å². The molecule has 1 aliphatic heterocycles. The van der Waals surface area contributed by atoms with Gasteiger partial charge in [-0.05, 0) is 0 Å². The average Bonchev–Trinajstić information content (AvgIpc) is 2.26. The minimum absolute atomic E-state index is 0.0745. The molecule has 1 unspecified atom stereocenters. The monoisotopic (exact) mass is 294 g/mol. The quantitative estimate of drug-likeness (QED) is 0.667. The molecule has 8 nitrogen and oxygen atoms in total. The number of aliphatic carboxylic acids is 1. The summed E-state index contributed by atoms with van der Waals surface area (Å²) in [5, 5.41) is 8.71. The van der Waals surface area contributed by atoms with Crippen molar-refractivity contribution >= 4 is 21.9 Å².